The Bertz CT molecular complexity index is 907. The van der Waals surface area contributed by atoms with Gasteiger partial charge in [0.1, 0.15) is 5.75 Å². The van der Waals surface area contributed by atoms with Crippen LogP contribution in [0.1, 0.15) is 11.1 Å². The predicted octanol–water partition coefficient (Wildman–Crippen LogP) is 3.22. The quantitative estimate of drug-likeness (QED) is 0.754. The van der Waals surface area contributed by atoms with Crippen LogP contribution in [0.3, 0.4) is 0 Å². The Morgan fingerprint density at radius 2 is 1.64 bits per heavy atom. The second-order valence-electron chi connectivity index (χ2n) is 6.55. The molecule has 1 aliphatic rings. The summed E-state index contributed by atoms with van der Waals surface area (Å²) in [4.78, 5) is 2.15. The van der Waals surface area contributed by atoms with Crippen molar-refractivity contribution in [3.8, 4) is 5.75 Å². The van der Waals surface area contributed by atoms with E-state index in [4.69, 9.17) is 4.74 Å². The van der Waals surface area contributed by atoms with Gasteiger partial charge in [0, 0.05) is 32.7 Å². The van der Waals surface area contributed by atoms with Crippen molar-refractivity contribution in [3.63, 3.8) is 0 Å². The van der Waals surface area contributed by atoms with Crippen LogP contribution in [0, 0.1) is 0 Å². The summed E-state index contributed by atoms with van der Waals surface area (Å²) in [5, 5.41) is 0. The lowest BCUT2D eigenvalue weighted by Gasteiger charge is -2.34. The van der Waals surface area contributed by atoms with Crippen LogP contribution in [0.25, 0.3) is 0 Å². The summed E-state index contributed by atoms with van der Waals surface area (Å²) in [7, 11) is -2.10. The van der Waals surface area contributed by atoms with Crippen molar-refractivity contribution in [2.45, 2.75) is 17.6 Å². The fourth-order valence-electron chi connectivity index (χ4n) is 3.13. The number of halogens is 3. The summed E-state index contributed by atoms with van der Waals surface area (Å²) in [5.41, 5.74) is -0.119. The van der Waals surface area contributed by atoms with Crippen molar-refractivity contribution in [1.82, 2.24) is 9.21 Å². The second-order valence-corrected chi connectivity index (χ2v) is 8.49. The normalized spacial score (nSPS) is 16.9. The molecule has 1 heterocycles. The van der Waals surface area contributed by atoms with Gasteiger partial charge in [-0.15, -0.1) is 0 Å². The Hall–Kier alpha value is -2.10. The van der Waals surface area contributed by atoms with Gasteiger partial charge >= 0.3 is 6.18 Å². The molecule has 5 nitrogen and oxygen atoms in total. The van der Waals surface area contributed by atoms with Crippen molar-refractivity contribution in [1.29, 1.82) is 0 Å². The van der Waals surface area contributed by atoms with Gasteiger partial charge in [-0.05, 0) is 35.9 Å². The Kier molecular flexibility index (Phi) is 5.97. The Morgan fingerprint density at radius 1 is 1.00 bits per heavy atom. The summed E-state index contributed by atoms with van der Waals surface area (Å²) in [6.07, 6.45) is -4.37. The first-order valence-corrected chi connectivity index (χ1v) is 10.2. The van der Waals surface area contributed by atoms with E-state index in [1.54, 1.807) is 18.2 Å². The summed E-state index contributed by atoms with van der Waals surface area (Å²) in [6, 6.07) is 11.4. The lowest BCUT2D eigenvalue weighted by Crippen LogP contribution is -2.48. The van der Waals surface area contributed by atoms with Crippen LogP contribution in [-0.2, 0) is 22.7 Å². The highest BCUT2D eigenvalue weighted by Gasteiger charge is 2.31. The van der Waals surface area contributed by atoms with Gasteiger partial charge < -0.3 is 4.74 Å². The van der Waals surface area contributed by atoms with E-state index in [0.717, 1.165) is 12.1 Å². The van der Waals surface area contributed by atoms with Gasteiger partial charge in [-0.1, -0.05) is 18.2 Å². The third kappa shape index (κ3) is 4.65. The average Bonchev–Trinajstić information content (AvgIpc) is 2.68. The molecule has 0 radical (unpaired) electrons. The minimum absolute atomic E-state index is 0.194. The molecule has 3 rings (SSSR count). The number of benzene rings is 2. The molecule has 1 aliphatic heterocycles. The van der Waals surface area contributed by atoms with Crippen LogP contribution >= 0.6 is 0 Å². The molecule has 0 atom stereocenters. The predicted molar refractivity (Wildman–Crippen MR) is 98.5 cm³/mol. The Balaban J connectivity index is 1.62. The largest absolute Gasteiger partial charge is 0.497 e. The summed E-state index contributed by atoms with van der Waals surface area (Å²) in [5.74, 6) is 0.574. The van der Waals surface area contributed by atoms with E-state index in [-0.39, 0.29) is 18.0 Å². The van der Waals surface area contributed by atoms with E-state index >= 15 is 0 Å². The minimum Gasteiger partial charge on any atom is -0.497 e. The summed E-state index contributed by atoms with van der Waals surface area (Å²) >= 11 is 0. The number of methoxy groups -OCH3 is 1. The molecule has 0 aromatic heterocycles. The van der Waals surface area contributed by atoms with Gasteiger partial charge in [-0.2, -0.15) is 17.5 Å². The standard InChI is InChI=1S/C19H21F3N2O3S/c1-27-17-5-7-18(8-6-17)28(25,26)24-11-9-23(10-12-24)14-15-3-2-4-16(13-15)19(20,21)22/h2-8,13H,9-12,14H2,1H3. The van der Waals surface area contributed by atoms with Gasteiger partial charge in [-0.3, -0.25) is 4.90 Å². The van der Waals surface area contributed by atoms with Crippen LogP contribution in [0.2, 0.25) is 0 Å². The number of ether oxygens (including phenoxy) is 1. The third-order valence-electron chi connectivity index (χ3n) is 4.69. The molecule has 9 heteroatoms. The average molecular weight is 414 g/mol. The summed E-state index contributed by atoms with van der Waals surface area (Å²) in [6.45, 7) is 1.82. The van der Waals surface area contributed by atoms with Crippen LogP contribution < -0.4 is 4.74 Å². The molecule has 2 aromatic carbocycles. The monoisotopic (exact) mass is 414 g/mol. The van der Waals surface area contributed by atoms with Gasteiger partial charge in [0.15, 0.2) is 0 Å². The first kappa shape index (κ1) is 20.6. The van der Waals surface area contributed by atoms with Crippen molar-refractivity contribution < 1.29 is 26.3 Å². The second kappa shape index (κ2) is 8.10. The van der Waals surface area contributed by atoms with E-state index in [2.05, 4.69) is 0 Å². The van der Waals surface area contributed by atoms with Crippen LogP contribution in [0.5, 0.6) is 5.75 Å². The van der Waals surface area contributed by atoms with Crippen LogP contribution in [0.4, 0.5) is 13.2 Å². The zero-order valence-electron chi connectivity index (χ0n) is 15.3. The number of rotatable bonds is 5. The maximum Gasteiger partial charge on any atom is 0.416 e. The van der Waals surface area contributed by atoms with E-state index in [1.807, 2.05) is 4.90 Å². The van der Waals surface area contributed by atoms with Crippen molar-refractivity contribution >= 4 is 10.0 Å². The lowest BCUT2D eigenvalue weighted by molar-refractivity contribution is -0.137. The molecule has 1 saturated heterocycles. The zero-order chi connectivity index (χ0) is 20.4. The number of hydrogen-bond donors (Lipinski definition) is 0. The molecule has 152 valence electrons. The molecular formula is C19H21F3N2O3S. The highest BCUT2D eigenvalue weighted by Crippen LogP contribution is 2.30. The fraction of sp³-hybridized carbons (Fsp3) is 0.368. The van der Waals surface area contributed by atoms with Crippen LogP contribution in [0.15, 0.2) is 53.4 Å². The number of alkyl halides is 3. The minimum atomic E-state index is -4.37. The molecule has 0 N–H and O–H groups in total. The Morgan fingerprint density at radius 3 is 2.21 bits per heavy atom. The van der Waals surface area contributed by atoms with Crippen LogP contribution in [-0.4, -0.2) is 50.9 Å². The molecule has 0 bridgehead atoms. The first-order chi connectivity index (χ1) is 13.2. The van der Waals surface area contributed by atoms with E-state index in [9.17, 15) is 21.6 Å². The number of piperazine rings is 1. The molecule has 1 fully saturated rings. The molecule has 0 unspecified atom stereocenters. The van der Waals surface area contributed by atoms with E-state index < -0.39 is 21.8 Å². The highest BCUT2D eigenvalue weighted by atomic mass is 32.2. The molecule has 0 saturated carbocycles. The molecule has 2 aromatic rings. The summed E-state index contributed by atoms with van der Waals surface area (Å²) < 4.78 is 70.5. The molecule has 0 amide bonds. The van der Waals surface area contributed by atoms with Gasteiger partial charge in [-0.25, -0.2) is 8.42 Å². The molecule has 0 aliphatic carbocycles. The first-order valence-electron chi connectivity index (χ1n) is 8.73. The van der Waals surface area contributed by atoms with Crippen molar-refractivity contribution in [3.05, 3.63) is 59.7 Å². The number of nitrogens with zero attached hydrogens (tertiary/aromatic N) is 2. The van der Waals surface area contributed by atoms with Crippen molar-refractivity contribution in [2.75, 3.05) is 33.3 Å². The molecular weight excluding hydrogens is 393 g/mol. The van der Waals surface area contributed by atoms with Gasteiger partial charge in [0.25, 0.3) is 0 Å². The topological polar surface area (TPSA) is 49.9 Å². The molecule has 0 spiro atoms. The zero-order valence-corrected chi connectivity index (χ0v) is 16.1. The SMILES string of the molecule is COc1ccc(S(=O)(=O)N2CCN(Cc3cccc(C(F)(F)F)c3)CC2)cc1. The van der Waals surface area contributed by atoms with E-state index in [1.165, 1.54) is 29.6 Å². The third-order valence-corrected chi connectivity index (χ3v) is 6.60. The fourth-order valence-corrected chi connectivity index (χ4v) is 4.55. The maximum atomic E-state index is 12.8. The Labute approximate surface area is 162 Å². The van der Waals surface area contributed by atoms with Crippen molar-refractivity contribution in [2.24, 2.45) is 0 Å². The molecule has 28 heavy (non-hydrogen) atoms. The maximum absolute atomic E-state index is 12.8. The number of sulfonamides is 1. The number of hydrogen-bond acceptors (Lipinski definition) is 4. The van der Waals surface area contributed by atoms with Gasteiger partial charge in [0.2, 0.25) is 10.0 Å². The van der Waals surface area contributed by atoms with Gasteiger partial charge in [0.05, 0.1) is 17.6 Å². The van der Waals surface area contributed by atoms with E-state index in [0.29, 0.717) is 30.9 Å². The highest BCUT2D eigenvalue weighted by molar-refractivity contribution is 7.89. The lowest BCUT2D eigenvalue weighted by atomic mass is 10.1. The smallest absolute Gasteiger partial charge is 0.416 e.